The van der Waals surface area contributed by atoms with Gasteiger partial charge in [-0.15, -0.1) is 0 Å². The molecular formula is C16H29N3O2. The molecule has 0 radical (unpaired) electrons. The average molecular weight is 295 g/mol. The van der Waals surface area contributed by atoms with Crippen molar-refractivity contribution in [3.05, 3.63) is 11.9 Å². The molecule has 1 saturated heterocycles. The number of nitrogens with one attached hydrogen (secondary N) is 1. The summed E-state index contributed by atoms with van der Waals surface area (Å²) >= 11 is 0. The summed E-state index contributed by atoms with van der Waals surface area (Å²) in [6, 6.07) is 0.152. The van der Waals surface area contributed by atoms with Gasteiger partial charge in [0.1, 0.15) is 0 Å². The van der Waals surface area contributed by atoms with Crippen LogP contribution in [0.1, 0.15) is 58.2 Å². The SMILES string of the molecule is CCCNC(c1c(OC)cnn1CCC)C1CCC(C)O1. The number of nitrogens with zero attached hydrogens (tertiary/aromatic N) is 2. The van der Waals surface area contributed by atoms with Crippen LogP contribution < -0.4 is 10.1 Å². The molecule has 1 aliphatic rings. The molecule has 1 aromatic rings. The molecular weight excluding hydrogens is 266 g/mol. The molecule has 5 heteroatoms. The van der Waals surface area contributed by atoms with Gasteiger partial charge in [-0.05, 0) is 39.2 Å². The van der Waals surface area contributed by atoms with Gasteiger partial charge in [0, 0.05) is 6.54 Å². The zero-order valence-corrected chi connectivity index (χ0v) is 13.8. The third-order valence-corrected chi connectivity index (χ3v) is 4.05. The largest absolute Gasteiger partial charge is 0.493 e. The second-order valence-corrected chi connectivity index (χ2v) is 5.82. The Balaban J connectivity index is 2.28. The number of hydrogen-bond donors (Lipinski definition) is 1. The number of hydrogen-bond acceptors (Lipinski definition) is 4. The van der Waals surface area contributed by atoms with Crippen molar-refractivity contribution in [3.8, 4) is 5.75 Å². The van der Waals surface area contributed by atoms with Crippen molar-refractivity contribution in [2.24, 2.45) is 0 Å². The highest BCUT2D eigenvalue weighted by atomic mass is 16.5. The lowest BCUT2D eigenvalue weighted by Crippen LogP contribution is -2.34. The van der Waals surface area contributed by atoms with Gasteiger partial charge < -0.3 is 14.8 Å². The first-order valence-electron chi connectivity index (χ1n) is 8.19. The van der Waals surface area contributed by atoms with Gasteiger partial charge >= 0.3 is 0 Å². The van der Waals surface area contributed by atoms with Crippen LogP contribution >= 0.6 is 0 Å². The molecule has 3 atom stereocenters. The maximum Gasteiger partial charge on any atom is 0.161 e. The normalized spacial score (nSPS) is 23.4. The molecule has 1 aliphatic heterocycles. The van der Waals surface area contributed by atoms with Crippen LogP contribution in [0.25, 0.3) is 0 Å². The Bertz CT molecular complexity index is 433. The van der Waals surface area contributed by atoms with E-state index in [1.807, 2.05) is 6.20 Å². The highest BCUT2D eigenvalue weighted by Gasteiger charge is 2.34. The molecule has 0 aliphatic carbocycles. The standard InChI is InChI=1S/C16H29N3O2/c1-5-9-17-15(13-8-7-12(3)21-13)16-14(20-4)11-18-19(16)10-6-2/h11-13,15,17H,5-10H2,1-4H3. The Morgan fingerprint density at radius 2 is 2.24 bits per heavy atom. The Kier molecular flexibility index (Phi) is 6.06. The van der Waals surface area contributed by atoms with Crippen molar-refractivity contribution in [1.29, 1.82) is 0 Å². The fourth-order valence-corrected chi connectivity index (χ4v) is 3.02. The Morgan fingerprint density at radius 3 is 2.81 bits per heavy atom. The molecule has 0 bridgehead atoms. The first kappa shape index (κ1) is 16.3. The fraction of sp³-hybridized carbons (Fsp3) is 0.812. The van der Waals surface area contributed by atoms with Crippen LogP contribution in [0.2, 0.25) is 0 Å². The molecule has 0 amide bonds. The predicted molar refractivity (Wildman–Crippen MR) is 83.7 cm³/mol. The molecule has 3 unspecified atom stereocenters. The van der Waals surface area contributed by atoms with Crippen LogP contribution in [0.3, 0.4) is 0 Å². The minimum Gasteiger partial charge on any atom is -0.493 e. The molecule has 0 spiro atoms. The Morgan fingerprint density at radius 1 is 1.43 bits per heavy atom. The van der Waals surface area contributed by atoms with Crippen molar-refractivity contribution >= 4 is 0 Å². The summed E-state index contributed by atoms with van der Waals surface area (Å²) in [6.07, 6.45) is 6.73. The predicted octanol–water partition coefficient (Wildman–Crippen LogP) is 2.91. The van der Waals surface area contributed by atoms with Gasteiger partial charge in [-0.2, -0.15) is 5.10 Å². The van der Waals surface area contributed by atoms with Crippen molar-refractivity contribution < 1.29 is 9.47 Å². The lowest BCUT2D eigenvalue weighted by Gasteiger charge is -2.26. The second-order valence-electron chi connectivity index (χ2n) is 5.82. The maximum absolute atomic E-state index is 6.12. The summed E-state index contributed by atoms with van der Waals surface area (Å²) in [4.78, 5) is 0. The molecule has 21 heavy (non-hydrogen) atoms. The lowest BCUT2D eigenvalue weighted by atomic mass is 10.0. The first-order chi connectivity index (χ1) is 10.2. The topological polar surface area (TPSA) is 48.3 Å². The molecule has 1 fully saturated rings. The molecule has 120 valence electrons. The van der Waals surface area contributed by atoms with Crippen LogP contribution in [0, 0.1) is 0 Å². The number of aromatic nitrogens is 2. The van der Waals surface area contributed by atoms with E-state index in [9.17, 15) is 0 Å². The third-order valence-electron chi connectivity index (χ3n) is 4.05. The Hall–Kier alpha value is -1.07. The van der Waals surface area contributed by atoms with E-state index >= 15 is 0 Å². The Labute approximate surface area is 128 Å². The molecule has 0 saturated carbocycles. The number of methoxy groups -OCH3 is 1. The van der Waals surface area contributed by atoms with Gasteiger partial charge in [-0.3, -0.25) is 4.68 Å². The summed E-state index contributed by atoms with van der Waals surface area (Å²) in [6.45, 7) is 8.38. The molecule has 1 N–H and O–H groups in total. The van der Waals surface area contributed by atoms with Crippen LogP contribution in [0.5, 0.6) is 5.75 Å². The zero-order valence-electron chi connectivity index (χ0n) is 13.8. The average Bonchev–Trinajstić information content (AvgIpc) is 3.07. The zero-order chi connectivity index (χ0) is 15.2. The fourth-order valence-electron chi connectivity index (χ4n) is 3.02. The van der Waals surface area contributed by atoms with Gasteiger partial charge in [0.15, 0.2) is 5.75 Å². The summed E-state index contributed by atoms with van der Waals surface area (Å²) < 4.78 is 13.7. The quantitative estimate of drug-likeness (QED) is 0.801. The van der Waals surface area contributed by atoms with Crippen LogP contribution in [0.4, 0.5) is 0 Å². The molecule has 1 aromatic heterocycles. The van der Waals surface area contributed by atoms with Gasteiger partial charge in [-0.25, -0.2) is 0 Å². The van der Waals surface area contributed by atoms with Crippen molar-refractivity contribution in [1.82, 2.24) is 15.1 Å². The van der Waals surface area contributed by atoms with E-state index in [1.54, 1.807) is 7.11 Å². The van der Waals surface area contributed by atoms with E-state index in [4.69, 9.17) is 9.47 Å². The van der Waals surface area contributed by atoms with E-state index < -0.39 is 0 Å². The van der Waals surface area contributed by atoms with E-state index in [1.165, 1.54) is 0 Å². The summed E-state index contributed by atoms with van der Waals surface area (Å²) in [5, 5.41) is 8.13. The second kappa shape index (κ2) is 7.80. The summed E-state index contributed by atoms with van der Waals surface area (Å²) in [7, 11) is 1.71. The van der Waals surface area contributed by atoms with Gasteiger partial charge in [-0.1, -0.05) is 13.8 Å². The molecule has 2 heterocycles. The van der Waals surface area contributed by atoms with Crippen molar-refractivity contribution in [2.75, 3.05) is 13.7 Å². The first-order valence-corrected chi connectivity index (χ1v) is 8.19. The number of ether oxygens (including phenoxy) is 2. The van der Waals surface area contributed by atoms with E-state index in [0.717, 1.165) is 50.2 Å². The van der Waals surface area contributed by atoms with Crippen LogP contribution in [0.15, 0.2) is 6.20 Å². The van der Waals surface area contributed by atoms with E-state index in [-0.39, 0.29) is 12.1 Å². The highest BCUT2D eigenvalue weighted by molar-refractivity contribution is 5.29. The highest BCUT2D eigenvalue weighted by Crippen LogP contribution is 2.34. The summed E-state index contributed by atoms with van der Waals surface area (Å²) in [5.74, 6) is 0.861. The van der Waals surface area contributed by atoms with E-state index in [0.29, 0.717) is 6.10 Å². The summed E-state index contributed by atoms with van der Waals surface area (Å²) in [5.41, 5.74) is 1.13. The van der Waals surface area contributed by atoms with Gasteiger partial charge in [0.2, 0.25) is 0 Å². The van der Waals surface area contributed by atoms with Crippen LogP contribution in [-0.2, 0) is 11.3 Å². The third kappa shape index (κ3) is 3.77. The van der Waals surface area contributed by atoms with Crippen molar-refractivity contribution in [2.45, 2.75) is 71.2 Å². The smallest absolute Gasteiger partial charge is 0.161 e. The molecule has 2 rings (SSSR count). The van der Waals surface area contributed by atoms with Gasteiger partial charge in [0.05, 0.1) is 37.3 Å². The minimum absolute atomic E-state index is 0.152. The van der Waals surface area contributed by atoms with Gasteiger partial charge in [0.25, 0.3) is 0 Å². The van der Waals surface area contributed by atoms with Crippen LogP contribution in [-0.4, -0.2) is 35.6 Å². The molecule has 5 nitrogen and oxygen atoms in total. The molecule has 0 aromatic carbocycles. The lowest BCUT2D eigenvalue weighted by molar-refractivity contribution is 0.0290. The van der Waals surface area contributed by atoms with E-state index in [2.05, 4.69) is 35.9 Å². The minimum atomic E-state index is 0.152. The maximum atomic E-state index is 6.12. The number of aryl methyl sites for hydroxylation is 1. The van der Waals surface area contributed by atoms with Crippen molar-refractivity contribution in [3.63, 3.8) is 0 Å². The number of rotatable bonds is 8. The monoisotopic (exact) mass is 295 g/mol.